The van der Waals surface area contributed by atoms with Gasteiger partial charge in [-0.3, -0.25) is 9.78 Å². The van der Waals surface area contributed by atoms with Crippen molar-refractivity contribution in [1.29, 1.82) is 0 Å². The minimum absolute atomic E-state index is 0.156. The van der Waals surface area contributed by atoms with Crippen molar-refractivity contribution in [3.05, 3.63) is 71.9 Å². The Balaban J connectivity index is 1.75. The molecule has 0 saturated heterocycles. The summed E-state index contributed by atoms with van der Waals surface area (Å²) in [5.74, 6) is 0.532. The molecule has 1 amide bonds. The molecule has 0 aromatic carbocycles. The van der Waals surface area contributed by atoms with E-state index in [0.717, 1.165) is 11.3 Å². The number of carbonyl (C=O) groups excluding carboxylic acids is 1. The second kappa shape index (κ2) is 6.17. The van der Waals surface area contributed by atoms with Crippen molar-refractivity contribution < 1.29 is 4.79 Å². The number of aromatic nitrogens is 4. The van der Waals surface area contributed by atoms with Crippen LogP contribution in [0.2, 0.25) is 0 Å². The highest BCUT2D eigenvalue weighted by Gasteiger charge is 2.15. The highest BCUT2D eigenvalue weighted by atomic mass is 16.1. The van der Waals surface area contributed by atoms with Gasteiger partial charge >= 0.3 is 0 Å². The first-order chi connectivity index (χ1) is 10.8. The first-order valence-electron chi connectivity index (χ1n) is 6.89. The summed E-state index contributed by atoms with van der Waals surface area (Å²) in [5, 5.41) is 7.13. The number of nitrogens with one attached hydrogen (secondary N) is 1. The molecular formula is C16H15N5O. The zero-order valence-electron chi connectivity index (χ0n) is 12.1. The molecule has 0 aliphatic rings. The zero-order chi connectivity index (χ0) is 15.4. The molecular weight excluding hydrogens is 278 g/mol. The SMILES string of the molecule is Cc1c(C(=O)NCc2ccncc2)cnn1-c1ccccn1. The number of nitrogens with zero attached hydrogens (tertiary/aromatic N) is 4. The molecule has 3 rings (SSSR count). The molecule has 6 nitrogen and oxygen atoms in total. The molecule has 0 fully saturated rings. The first kappa shape index (κ1) is 13.9. The van der Waals surface area contributed by atoms with Gasteiger partial charge in [0.25, 0.3) is 5.91 Å². The summed E-state index contributed by atoms with van der Waals surface area (Å²) in [6.07, 6.45) is 6.66. The molecule has 0 spiro atoms. The van der Waals surface area contributed by atoms with Gasteiger partial charge < -0.3 is 5.32 Å². The molecule has 0 atom stereocenters. The number of rotatable bonds is 4. The van der Waals surface area contributed by atoms with Crippen LogP contribution in [0.4, 0.5) is 0 Å². The normalized spacial score (nSPS) is 10.4. The molecule has 0 aliphatic carbocycles. The highest BCUT2D eigenvalue weighted by Crippen LogP contribution is 2.12. The monoisotopic (exact) mass is 293 g/mol. The summed E-state index contributed by atoms with van der Waals surface area (Å²) < 4.78 is 1.65. The van der Waals surface area contributed by atoms with E-state index in [1.54, 1.807) is 29.5 Å². The maximum atomic E-state index is 12.3. The van der Waals surface area contributed by atoms with E-state index in [1.165, 1.54) is 0 Å². The third-order valence-corrected chi connectivity index (χ3v) is 3.32. The van der Waals surface area contributed by atoms with Crippen LogP contribution in [0.15, 0.2) is 55.1 Å². The van der Waals surface area contributed by atoms with Gasteiger partial charge in [-0.25, -0.2) is 9.67 Å². The summed E-state index contributed by atoms with van der Waals surface area (Å²) in [5.41, 5.74) is 2.30. The van der Waals surface area contributed by atoms with Gasteiger partial charge in [-0.05, 0) is 36.8 Å². The van der Waals surface area contributed by atoms with Gasteiger partial charge in [0.15, 0.2) is 5.82 Å². The standard InChI is InChI=1S/C16H15N5O/c1-12-14(11-20-21(12)15-4-2-3-7-18-15)16(22)19-10-13-5-8-17-9-6-13/h2-9,11H,10H2,1H3,(H,19,22). The summed E-state index contributed by atoms with van der Waals surface area (Å²) in [6, 6.07) is 9.30. The van der Waals surface area contributed by atoms with Gasteiger partial charge in [-0.2, -0.15) is 5.10 Å². The van der Waals surface area contributed by atoms with Crippen molar-refractivity contribution >= 4 is 5.91 Å². The second-order valence-corrected chi connectivity index (χ2v) is 4.78. The Kier molecular flexibility index (Phi) is 3.91. The van der Waals surface area contributed by atoms with Crippen molar-refractivity contribution in [3.8, 4) is 5.82 Å². The van der Waals surface area contributed by atoms with E-state index in [-0.39, 0.29) is 5.91 Å². The van der Waals surface area contributed by atoms with Crippen molar-refractivity contribution in [3.63, 3.8) is 0 Å². The molecule has 3 heterocycles. The number of carbonyl (C=O) groups is 1. The molecule has 0 aliphatic heterocycles. The van der Waals surface area contributed by atoms with Crippen molar-refractivity contribution in [2.75, 3.05) is 0 Å². The fraction of sp³-hybridized carbons (Fsp3) is 0.125. The van der Waals surface area contributed by atoms with E-state index in [0.29, 0.717) is 17.9 Å². The Morgan fingerprint density at radius 3 is 2.73 bits per heavy atom. The van der Waals surface area contributed by atoms with Gasteiger partial charge in [0.2, 0.25) is 0 Å². The van der Waals surface area contributed by atoms with Crippen LogP contribution < -0.4 is 5.32 Å². The second-order valence-electron chi connectivity index (χ2n) is 4.78. The quantitative estimate of drug-likeness (QED) is 0.797. The lowest BCUT2D eigenvalue weighted by atomic mass is 10.2. The van der Waals surface area contributed by atoms with Crippen LogP contribution in [0, 0.1) is 6.92 Å². The Morgan fingerprint density at radius 2 is 2.00 bits per heavy atom. The first-order valence-corrected chi connectivity index (χ1v) is 6.89. The van der Waals surface area contributed by atoms with Gasteiger partial charge in [0.1, 0.15) is 0 Å². The van der Waals surface area contributed by atoms with Gasteiger partial charge in [-0.15, -0.1) is 0 Å². The molecule has 3 aromatic heterocycles. The summed E-state index contributed by atoms with van der Waals surface area (Å²) in [6.45, 7) is 2.30. The third kappa shape index (κ3) is 2.85. The van der Waals surface area contributed by atoms with E-state index in [1.807, 2.05) is 37.3 Å². The molecule has 0 saturated carbocycles. The largest absolute Gasteiger partial charge is 0.348 e. The van der Waals surface area contributed by atoms with Crippen LogP contribution in [0.3, 0.4) is 0 Å². The maximum absolute atomic E-state index is 12.3. The zero-order valence-corrected chi connectivity index (χ0v) is 12.1. The van der Waals surface area contributed by atoms with E-state index < -0.39 is 0 Å². The Bertz CT molecular complexity index is 768. The molecule has 0 radical (unpaired) electrons. The molecule has 0 bridgehead atoms. The topological polar surface area (TPSA) is 72.7 Å². The van der Waals surface area contributed by atoms with E-state index in [4.69, 9.17) is 0 Å². The Morgan fingerprint density at radius 1 is 1.18 bits per heavy atom. The van der Waals surface area contributed by atoms with Gasteiger partial charge in [-0.1, -0.05) is 6.07 Å². The lowest BCUT2D eigenvalue weighted by molar-refractivity contribution is 0.0950. The maximum Gasteiger partial charge on any atom is 0.255 e. The minimum atomic E-state index is -0.156. The van der Waals surface area contributed by atoms with Gasteiger partial charge in [0, 0.05) is 25.1 Å². The highest BCUT2D eigenvalue weighted by molar-refractivity contribution is 5.95. The number of amides is 1. The van der Waals surface area contributed by atoms with E-state index in [2.05, 4.69) is 20.4 Å². The lowest BCUT2D eigenvalue weighted by Crippen LogP contribution is -2.23. The summed E-state index contributed by atoms with van der Waals surface area (Å²) in [7, 11) is 0. The van der Waals surface area contributed by atoms with Crippen molar-refractivity contribution in [2.45, 2.75) is 13.5 Å². The minimum Gasteiger partial charge on any atom is -0.348 e. The molecule has 0 unspecified atom stereocenters. The summed E-state index contributed by atoms with van der Waals surface area (Å²) >= 11 is 0. The van der Waals surface area contributed by atoms with Crippen LogP contribution in [0.5, 0.6) is 0 Å². The van der Waals surface area contributed by atoms with Crippen LogP contribution in [0.1, 0.15) is 21.6 Å². The molecule has 110 valence electrons. The molecule has 1 N–H and O–H groups in total. The summed E-state index contributed by atoms with van der Waals surface area (Å²) in [4.78, 5) is 20.5. The van der Waals surface area contributed by atoms with Gasteiger partial charge in [0.05, 0.1) is 17.5 Å². The Labute approximate surface area is 127 Å². The van der Waals surface area contributed by atoms with Crippen molar-refractivity contribution in [2.24, 2.45) is 0 Å². The van der Waals surface area contributed by atoms with E-state index in [9.17, 15) is 4.79 Å². The molecule has 22 heavy (non-hydrogen) atoms. The van der Waals surface area contributed by atoms with Crippen LogP contribution in [0.25, 0.3) is 5.82 Å². The number of hydrogen-bond acceptors (Lipinski definition) is 4. The predicted molar refractivity (Wildman–Crippen MR) is 81.5 cm³/mol. The fourth-order valence-electron chi connectivity index (χ4n) is 2.12. The Hall–Kier alpha value is -3.02. The average Bonchev–Trinajstić information content (AvgIpc) is 2.96. The lowest BCUT2D eigenvalue weighted by Gasteiger charge is -2.06. The fourth-order valence-corrected chi connectivity index (χ4v) is 2.12. The van der Waals surface area contributed by atoms with Crippen molar-refractivity contribution in [1.82, 2.24) is 25.1 Å². The number of hydrogen-bond donors (Lipinski definition) is 1. The predicted octanol–water partition coefficient (Wildman–Crippen LogP) is 1.90. The van der Waals surface area contributed by atoms with Crippen LogP contribution in [-0.4, -0.2) is 25.7 Å². The molecule has 3 aromatic rings. The average molecular weight is 293 g/mol. The molecule has 6 heteroatoms. The van der Waals surface area contributed by atoms with E-state index >= 15 is 0 Å². The smallest absolute Gasteiger partial charge is 0.255 e. The number of pyridine rings is 2. The van der Waals surface area contributed by atoms with Crippen LogP contribution >= 0.6 is 0 Å². The third-order valence-electron chi connectivity index (χ3n) is 3.32. The van der Waals surface area contributed by atoms with Crippen LogP contribution in [-0.2, 0) is 6.54 Å².